The summed E-state index contributed by atoms with van der Waals surface area (Å²) in [5, 5.41) is 11.7. The standard InChI is InChI=1S/C35H44F3N5O6/c1-33(2,3)49-32(45)41-18-19-42(25(21-41)16-20-48-28-15-10-13-26(40-28)35(36,37)38)31(44)29-30(24-11-6-5-7-12-24)43(23-39-29)27-14-8-9-17-34(27,46)22-47-4/h5-7,10-13,15,23,25,27,46H,8-9,14,16-22H2,1-4H3/t25-,27-,34-/m1/s1. The van der Waals surface area contributed by atoms with E-state index in [1.54, 1.807) is 39.1 Å². The summed E-state index contributed by atoms with van der Waals surface area (Å²) in [6, 6.07) is 11.8. The van der Waals surface area contributed by atoms with Gasteiger partial charge in [-0.05, 0) is 39.7 Å². The minimum Gasteiger partial charge on any atom is -0.478 e. The van der Waals surface area contributed by atoms with Crippen molar-refractivity contribution in [2.45, 2.75) is 82.3 Å². The average Bonchev–Trinajstić information content (AvgIpc) is 3.49. The van der Waals surface area contributed by atoms with Crippen molar-refractivity contribution in [1.29, 1.82) is 0 Å². The van der Waals surface area contributed by atoms with E-state index in [0.717, 1.165) is 24.5 Å². The molecule has 1 saturated carbocycles. The molecule has 2 aromatic heterocycles. The van der Waals surface area contributed by atoms with Gasteiger partial charge in [-0.1, -0.05) is 49.2 Å². The number of amides is 2. The van der Waals surface area contributed by atoms with E-state index in [4.69, 9.17) is 14.2 Å². The number of hydrogen-bond acceptors (Lipinski definition) is 8. The fraction of sp³-hybridized carbons (Fsp3) is 0.543. The lowest BCUT2D eigenvalue weighted by Crippen LogP contribution is -2.57. The van der Waals surface area contributed by atoms with Crippen molar-refractivity contribution in [3.63, 3.8) is 0 Å². The van der Waals surface area contributed by atoms with Crippen LogP contribution < -0.4 is 4.74 Å². The molecule has 1 saturated heterocycles. The molecule has 0 spiro atoms. The molecule has 2 amide bonds. The van der Waals surface area contributed by atoms with E-state index in [1.165, 1.54) is 17.0 Å². The summed E-state index contributed by atoms with van der Waals surface area (Å²) >= 11 is 0. The number of halogens is 3. The van der Waals surface area contributed by atoms with Gasteiger partial charge in [0.05, 0.1) is 37.3 Å². The number of hydrogen-bond donors (Lipinski definition) is 1. The first kappa shape index (κ1) is 36.1. The molecule has 0 unspecified atom stereocenters. The van der Waals surface area contributed by atoms with Crippen molar-refractivity contribution < 1.29 is 42.1 Å². The van der Waals surface area contributed by atoms with E-state index in [2.05, 4.69) is 9.97 Å². The Labute approximate surface area is 284 Å². The number of piperazine rings is 1. The molecule has 266 valence electrons. The summed E-state index contributed by atoms with van der Waals surface area (Å²) < 4.78 is 58.2. The van der Waals surface area contributed by atoms with Crippen LogP contribution in [0.25, 0.3) is 11.3 Å². The van der Waals surface area contributed by atoms with Gasteiger partial charge in [-0.15, -0.1) is 0 Å². The maximum absolute atomic E-state index is 14.5. The van der Waals surface area contributed by atoms with Crippen molar-refractivity contribution in [2.75, 3.05) is 40.0 Å². The van der Waals surface area contributed by atoms with Gasteiger partial charge in [0.15, 0.2) is 5.69 Å². The van der Waals surface area contributed by atoms with Crippen LogP contribution in [0.4, 0.5) is 18.0 Å². The van der Waals surface area contributed by atoms with Crippen LogP contribution in [0.2, 0.25) is 0 Å². The van der Waals surface area contributed by atoms with E-state index in [1.807, 2.05) is 34.9 Å². The van der Waals surface area contributed by atoms with E-state index in [9.17, 15) is 27.9 Å². The zero-order valence-corrected chi connectivity index (χ0v) is 28.3. The van der Waals surface area contributed by atoms with E-state index < -0.39 is 41.2 Å². The van der Waals surface area contributed by atoms with Gasteiger partial charge in [-0.3, -0.25) is 4.79 Å². The highest BCUT2D eigenvalue weighted by atomic mass is 19.4. The number of pyridine rings is 1. The maximum atomic E-state index is 14.5. The molecule has 3 heterocycles. The second-order valence-corrected chi connectivity index (χ2v) is 13.6. The normalized spacial score (nSPS) is 21.8. The third-order valence-corrected chi connectivity index (χ3v) is 8.84. The molecule has 14 heteroatoms. The summed E-state index contributed by atoms with van der Waals surface area (Å²) in [5.41, 5.74) is -1.48. The molecule has 11 nitrogen and oxygen atoms in total. The number of aromatic nitrogens is 3. The number of aliphatic hydroxyl groups is 1. The quantitative estimate of drug-likeness (QED) is 0.292. The number of alkyl halides is 3. The molecule has 3 aromatic rings. The Balaban J connectivity index is 1.45. The summed E-state index contributed by atoms with van der Waals surface area (Å²) in [5.74, 6) is -0.580. The van der Waals surface area contributed by atoms with Crippen LogP contribution in [0.15, 0.2) is 54.9 Å². The van der Waals surface area contributed by atoms with E-state index >= 15 is 0 Å². The minimum absolute atomic E-state index is 0.0724. The van der Waals surface area contributed by atoms with Crippen LogP contribution in [-0.4, -0.2) is 98.6 Å². The Kier molecular flexibility index (Phi) is 10.9. The fourth-order valence-corrected chi connectivity index (χ4v) is 6.61. The second kappa shape index (κ2) is 14.8. The topological polar surface area (TPSA) is 119 Å². The monoisotopic (exact) mass is 687 g/mol. The zero-order valence-electron chi connectivity index (χ0n) is 28.3. The Hall–Kier alpha value is -4.17. The molecular weight excluding hydrogens is 643 g/mol. The molecule has 1 N–H and O–H groups in total. The van der Waals surface area contributed by atoms with Crippen LogP contribution in [0.5, 0.6) is 5.88 Å². The SMILES string of the molecule is COC[C@]1(O)CCCC[C@H]1n1cnc(C(=O)N2CCN(C(=O)OC(C)(C)C)C[C@H]2CCOc2cccc(C(F)(F)F)n2)c1-c1ccccc1. The third-order valence-electron chi connectivity index (χ3n) is 8.84. The zero-order chi connectivity index (χ0) is 35.4. The highest BCUT2D eigenvalue weighted by Crippen LogP contribution is 2.41. The first-order valence-corrected chi connectivity index (χ1v) is 16.5. The number of nitrogens with zero attached hydrogens (tertiary/aromatic N) is 5. The Morgan fingerprint density at radius 1 is 1.04 bits per heavy atom. The highest BCUT2D eigenvalue weighted by molar-refractivity contribution is 5.98. The molecule has 1 aromatic carbocycles. The molecule has 2 aliphatic rings. The lowest BCUT2D eigenvalue weighted by atomic mass is 9.80. The number of benzene rings is 1. The molecule has 3 atom stereocenters. The number of carbonyl (C=O) groups excluding carboxylic acids is 2. The Morgan fingerprint density at radius 2 is 1.80 bits per heavy atom. The van der Waals surface area contributed by atoms with Gasteiger partial charge in [0.1, 0.15) is 16.9 Å². The van der Waals surface area contributed by atoms with Crippen LogP contribution in [0.1, 0.15) is 75.1 Å². The molecule has 5 rings (SSSR count). The van der Waals surface area contributed by atoms with Gasteiger partial charge in [0.2, 0.25) is 5.88 Å². The molecule has 49 heavy (non-hydrogen) atoms. The van der Waals surface area contributed by atoms with Crippen molar-refractivity contribution >= 4 is 12.0 Å². The average molecular weight is 688 g/mol. The molecule has 0 radical (unpaired) electrons. The second-order valence-electron chi connectivity index (χ2n) is 13.6. The van der Waals surface area contributed by atoms with Gasteiger partial charge >= 0.3 is 12.3 Å². The van der Waals surface area contributed by atoms with Gasteiger partial charge in [0.25, 0.3) is 5.91 Å². The van der Waals surface area contributed by atoms with Crippen LogP contribution in [0.3, 0.4) is 0 Å². The van der Waals surface area contributed by atoms with E-state index in [-0.39, 0.29) is 56.7 Å². The molecule has 1 aliphatic carbocycles. The van der Waals surface area contributed by atoms with Gasteiger partial charge in [-0.2, -0.15) is 13.2 Å². The first-order valence-electron chi connectivity index (χ1n) is 16.5. The van der Waals surface area contributed by atoms with Crippen molar-refractivity contribution in [2.24, 2.45) is 0 Å². The van der Waals surface area contributed by atoms with Gasteiger partial charge in [0, 0.05) is 44.8 Å². The van der Waals surface area contributed by atoms with Gasteiger partial charge in [-0.25, -0.2) is 14.8 Å². The van der Waals surface area contributed by atoms with Crippen molar-refractivity contribution in [3.05, 3.63) is 66.2 Å². The number of ether oxygens (including phenoxy) is 3. The van der Waals surface area contributed by atoms with E-state index in [0.29, 0.717) is 18.5 Å². The van der Waals surface area contributed by atoms with Crippen LogP contribution in [0, 0.1) is 0 Å². The van der Waals surface area contributed by atoms with Crippen LogP contribution >= 0.6 is 0 Å². The summed E-state index contributed by atoms with van der Waals surface area (Å²) in [4.78, 5) is 39.0. The maximum Gasteiger partial charge on any atom is 0.433 e. The molecular formula is C35H44F3N5O6. The summed E-state index contributed by atoms with van der Waals surface area (Å²) in [7, 11) is 1.55. The predicted molar refractivity (Wildman–Crippen MR) is 174 cm³/mol. The minimum atomic E-state index is -4.63. The van der Waals surface area contributed by atoms with Gasteiger partial charge < -0.3 is 33.7 Å². The lowest BCUT2D eigenvalue weighted by molar-refractivity contribution is -0.141. The number of methoxy groups -OCH3 is 1. The molecule has 0 bridgehead atoms. The smallest absolute Gasteiger partial charge is 0.433 e. The number of rotatable bonds is 9. The summed E-state index contributed by atoms with van der Waals surface area (Å²) in [6.07, 6.45) is -0.439. The number of carbonyl (C=O) groups is 2. The third kappa shape index (κ3) is 8.53. The Bertz CT molecular complexity index is 1590. The summed E-state index contributed by atoms with van der Waals surface area (Å²) in [6.45, 7) is 5.81. The highest BCUT2D eigenvalue weighted by Gasteiger charge is 2.43. The molecule has 1 aliphatic heterocycles. The predicted octanol–water partition coefficient (Wildman–Crippen LogP) is 5.99. The lowest BCUT2D eigenvalue weighted by Gasteiger charge is -2.42. The molecule has 2 fully saturated rings. The van der Waals surface area contributed by atoms with Crippen molar-refractivity contribution in [1.82, 2.24) is 24.3 Å². The van der Waals surface area contributed by atoms with Crippen molar-refractivity contribution in [3.8, 4) is 17.1 Å². The fourth-order valence-electron chi connectivity index (χ4n) is 6.61. The largest absolute Gasteiger partial charge is 0.478 e. The Morgan fingerprint density at radius 3 is 2.49 bits per heavy atom. The van der Waals surface area contributed by atoms with Crippen LogP contribution in [-0.2, 0) is 15.7 Å². The first-order chi connectivity index (χ1) is 23.2. The number of imidazole rings is 1.